The van der Waals surface area contributed by atoms with E-state index in [0.717, 1.165) is 18.2 Å². The molecule has 274 valence electrons. The highest BCUT2D eigenvalue weighted by Crippen LogP contribution is 2.49. The van der Waals surface area contributed by atoms with Crippen LogP contribution in [0.2, 0.25) is 0 Å². The second-order valence-electron chi connectivity index (χ2n) is 12.7. The summed E-state index contributed by atoms with van der Waals surface area (Å²) in [5.41, 5.74) is 3.81. The number of carboxylic acids is 1. The number of phenolic OH excluding ortho intramolecular Hbond substituents is 8. The lowest BCUT2D eigenvalue weighted by Crippen LogP contribution is -2.38. The zero-order valence-corrected chi connectivity index (χ0v) is 28.4. The number of nitrogens with one attached hydrogen (secondary N) is 1. The third-order valence-electron chi connectivity index (χ3n) is 9.47. The number of hydrogen-bond acceptors (Lipinski definition) is 12. The summed E-state index contributed by atoms with van der Waals surface area (Å²) in [6.45, 7) is 2.13. The van der Waals surface area contributed by atoms with Crippen LogP contribution in [0.3, 0.4) is 0 Å². The minimum absolute atomic E-state index is 0.0476. The van der Waals surface area contributed by atoms with Gasteiger partial charge in [0, 0.05) is 35.1 Å². The van der Waals surface area contributed by atoms with Gasteiger partial charge in [-0.05, 0) is 113 Å². The number of hydrogen-bond donors (Lipinski definition) is 10. The summed E-state index contributed by atoms with van der Waals surface area (Å²) in [6.07, 6.45) is 1.95. The van der Waals surface area contributed by atoms with Crippen molar-refractivity contribution in [1.29, 1.82) is 0 Å². The van der Waals surface area contributed by atoms with Gasteiger partial charge in [-0.1, -0.05) is 25.1 Å². The molecule has 13 heteroatoms. The third kappa shape index (κ3) is 6.89. The van der Waals surface area contributed by atoms with E-state index in [4.69, 9.17) is 4.74 Å². The van der Waals surface area contributed by atoms with Crippen molar-refractivity contribution in [3.8, 4) is 68.2 Å². The summed E-state index contributed by atoms with van der Waals surface area (Å²) in [5.74, 6) is -7.38. The Morgan fingerprint density at radius 3 is 2.13 bits per heavy atom. The predicted octanol–water partition coefficient (Wildman–Crippen LogP) is 5.71. The van der Waals surface area contributed by atoms with Gasteiger partial charge in [-0.25, -0.2) is 9.59 Å². The molecule has 2 atom stereocenters. The molecule has 0 saturated heterocycles. The molecule has 53 heavy (non-hydrogen) atoms. The maximum absolute atomic E-state index is 13.2. The highest BCUT2D eigenvalue weighted by atomic mass is 16.6. The Morgan fingerprint density at radius 2 is 1.43 bits per heavy atom. The summed E-state index contributed by atoms with van der Waals surface area (Å²) < 4.78 is 5.38. The van der Waals surface area contributed by atoms with Crippen LogP contribution in [-0.2, 0) is 27.2 Å². The van der Waals surface area contributed by atoms with Crippen molar-refractivity contribution in [2.45, 2.75) is 38.2 Å². The Hall–Kier alpha value is -6.60. The number of carboxylic acid groups (broad SMARTS) is 1. The average Bonchev–Trinajstić information content (AvgIpc) is 3.33. The first-order chi connectivity index (χ1) is 25.3. The fourth-order valence-corrected chi connectivity index (χ4v) is 6.90. The zero-order valence-electron chi connectivity index (χ0n) is 28.4. The monoisotopic (exact) mass is 723 g/mol. The molecule has 0 bridgehead atoms. The van der Waals surface area contributed by atoms with E-state index >= 15 is 0 Å². The molecule has 0 heterocycles. The Bertz CT molecular complexity index is 2270. The van der Waals surface area contributed by atoms with Gasteiger partial charge in [-0.3, -0.25) is 0 Å². The van der Waals surface area contributed by atoms with Crippen molar-refractivity contribution in [3.63, 3.8) is 0 Å². The molecule has 5 aromatic rings. The molecule has 1 aliphatic rings. The van der Waals surface area contributed by atoms with Crippen LogP contribution in [0.1, 0.15) is 41.5 Å². The maximum atomic E-state index is 13.2. The quantitative estimate of drug-likeness (QED) is 0.0473. The van der Waals surface area contributed by atoms with Crippen molar-refractivity contribution >= 4 is 28.8 Å². The molecule has 10 N–H and O–H groups in total. The second kappa shape index (κ2) is 14.6. The number of phenols is 8. The maximum Gasteiger partial charge on any atom is 0.345 e. The Labute approximate surface area is 302 Å². The lowest BCUT2D eigenvalue weighted by molar-refractivity contribution is -0.162. The van der Waals surface area contributed by atoms with Gasteiger partial charge in [0.1, 0.15) is 5.75 Å². The molecule has 0 aromatic heterocycles. The van der Waals surface area contributed by atoms with Crippen LogP contribution < -0.4 is 5.32 Å². The van der Waals surface area contributed by atoms with E-state index in [0.29, 0.717) is 64.6 Å². The minimum atomic E-state index is -1.81. The van der Waals surface area contributed by atoms with Crippen LogP contribution >= 0.6 is 0 Å². The topological polar surface area (TPSA) is 237 Å². The SMILES string of the molecule is CCNC[C@@H](c1cc(O)c(O)c(O)c1)[C@@H](OC(=O)C=Cc1cc(O)c(O)c2ccc(-c3cc(O)c(O)c4c3-c3cccc(O)c3CCC4)cc12)C(=O)O. The van der Waals surface area contributed by atoms with Gasteiger partial charge < -0.3 is 56.0 Å². The minimum Gasteiger partial charge on any atom is -0.508 e. The molecule has 5 aromatic carbocycles. The van der Waals surface area contributed by atoms with Gasteiger partial charge in [0.05, 0.1) is 0 Å². The Morgan fingerprint density at radius 1 is 0.755 bits per heavy atom. The number of carbonyl (C=O) groups is 2. The van der Waals surface area contributed by atoms with Gasteiger partial charge in [0.15, 0.2) is 40.2 Å². The highest BCUT2D eigenvalue weighted by Gasteiger charge is 2.34. The first-order valence-electron chi connectivity index (χ1n) is 16.8. The van der Waals surface area contributed by atoms with Crippen LogP contribution in [0.5, 0.6) is 46.0 Å². The first kappa shape index (κ1) is 36.2. The van der Waals surface area contributed by atoms with Gasteiger partial charge in [-0.2, -0.15) is 0 Å². The van der Waals surface area contributed by atoms with Crippen LogP contribution in [0, 0.1) is 0 Å². The fraction of sp³-hybridized carbons (Fsp3) is 0.200. The molecule has 1 aliphatic carbocycles. The lowest BCUT2D eigenvalue weighted by Gasteiger charge is -2.24. The molecular weight excluding hydrogens is 686 g/mol. The normalized spacial score (nSPS) is 13.6. The van der Waals surface area contributed by atoms with E-state index in [1.54, 1.807) is 37.3 Å². The number of benzene rings is 5. The van der Waals surface area contributed by atoms with E-state index < -0.39 is 52.7 Å². The van der Waals surface area contributed by atoms with Crippen LogP contribution in [0.15, 0.2) is 66.7 Å². The predicted molar refractivity (Wildman–Crippen MR) is 194 cm³/mol. The van der Waals surface area contributed by atoms with Crippen molar-refractivity contribution in [2.24, 2.45) is 0 Å². The number of ether oxygens (including phenoxy) is 1. The Balaban J connectivity index is 1.41. The molecule has 0 radical (unpaired) electrons. The molecule has 6 rings (SSSR count). The Kier molecular flexibility index (Phi) is 9.95. The van der Waals surface area contributed by atoms with E-state index in [-0.39, 0.29) is 40.3 Å². The summed E-state index contributed by atoms with van der Waals surface area (Å²) >= 11 is 0. The summed E-state index contributed by atoms with van der Waals surface area (Å²) in [6, 6.07) is 14.7. The van der Waals surface area contributed by atoms with Gasteiger partial charge in [-0.15, -0.1) is 0 Å². The summed E-state index contributed by atoms with van der Waals surface area (Å²) in [5, 5.41) is 97.3. The number of aliphatic carboxylic acids is 1. The molecule has 0 spiro atoms. The number of esters is 1. The van der Waals surface area contributed by atoms with Gasteiger partial charge in [0.2, 0.25) is 6.10 Å². The van der Waals surface area contributed by atoms with E-state index in [1.165, 1.54) is 18.2 Å². The number of likely N-dealkylation sites (N-methyl/N-ethyl adjacent to an activating group) is 1. The van der Waals surface area contributed by atoms with Gasteiger partial charge in [0.25, 0.3) is 0 Å². The third-order valence-corrected chi connectivity index (χ3v) is 9.47. The molecule has 0 aliphatic heterocycles. The summed E-state index contributed by atoms with van der Waals surface area (Å²) in [7, 11) is 0. The molecule has 0 saturated carbocycles. The smallest absolute Gasteiger partial charge is 0.345 e. The van der Waals surface area contributed by atoms with Gasteiger partial charge >= 0.3 is 11.9 Å². The molecule has 0 fully saturated rings. The molecule has 0 amide bonds. The van der Waals surface area contributed by atoms with Crippen molar-refractivity contribution in [3.05, 3.63) is 89.0 Å². The second-order valence-corrected chi connectivity index (χ2v) is 12.7. The van der Waals surface area contributed by atoms with E-state index in [9.17, 15) is 55.5 Å². The largest absolute Gasteiger partial charge is 0.508 e. The van der Waals surface area contributed by atoms with Crippen molar-refractivity contribution in [1.82, 2.24) is 5.32 Å². The number of aromatic hydroxyl groups is 8. The zero-order chi connectivity index (χ0) is 38.1. The average molecular weight is 724 g/mol. The van der Waals surface area contributed by atoms with Crippen molar-refractivity contribution in [2.75, 3.05) is 13.1 Å². The number of carbonyl (C=O) groups excluding carboxylic acids is 1. The number of rotatable bonds is 10. The molecule has 0 unspecified atom stereocenters. The van der Waals surface area contributed by atoms with Crippen LogP contribution in [-0.4, -0.2) is 77.1 Å². The standard InChI is InChI=1S/C40H37NO12/c1-2-41-18-28(21-15-31(44)38(50)32(45)16-21)39(40(51)52)53-34(47)12-10-20-14-30(43)36(48)24-11-9-19(13-26(20)24)27-17-33(46)37(49)25-7-3-5-22-23(35(25)27)6-4-8-29(22)42/h4,6,8-17,28,39,41-46,48-50H,2-3,5,7,18H2,1H3,(H,51,52)/t28-,39+/m0/s1. The van der Waals surface area contributed by atoms with E-state index in [2.05, 4.69) is 5.32 Å². The van der Waals surface area contributed by atoms with Crippen LogP contribution in [0.25, 0.3) is 39.1 Å². The molecule has 13 nitrogen and oxygen atoms in total. The lowest BCUT2D eigenvalue weighted by atomic mass is 9.86. The molecular formula is C40H37NO12. The summed E-state index contributed by atoms with van der Waals surface area (Å²) in [4.78, 5) is 25.6. The number of fused-ring (bicyclic) bond motifs is 4. The van der Waals surface area contributed by atoms with E-state index in [1.807, 2.05) is 6.07 Å². The first-order valence-corrected chi connectivity index (χ1v) is 16.8. The fourth-order valence-electron chi connectivity index (χ4n) is 6.90. The van der Waals surface area contributed by atoms with Crippen LogP contribution in [0.4, 0.5) is 0 Å². The highest BCUT2D eigenvalue weighted by molar-refractivity contribution is 6.02. The van der Waals surface area contributed by atoms with Crippen molar-refractivity contribution < 1.29 is 60.3 Å².